The van der Waals surface area contributed by atoms with Crippen LogP contribution >= 0.6 is 0 Å². The quantitative estimate of drug-likeness (QED) is 0.662. The van der Waals surface area contributed by atoms with Gasteiger partial charge in [0.25, 0.3) is 5.91 Å². The Balaban J connectivity index is 1.61. The van der Waals surface area contributed by atoms with E-state index in [1.54, 1.807) is 12.4 Å². The number of carbonyl (C=O) groups is 1. The fraction of sp³-hybridized carbons (Fsp3) is 0.409. The summed E-state index contributed by atoms with van der Waals surface area (Å²) in [6.07, 6.45) is 5.71. The molecular formula is C22H26N4O. The zero-order valence-corrected chi connectivity index (χ0v) is 16.2. The Morgan fingerprint density at radius 3 is 2.59 bits per heavy atom. The predicted octanol–water partition coefficient (Wildman–Crippen LogP) is 4.13. The second-order valence-corrected chi connectivity index (χ2v) is 7.85. The molecule has 0 aliphatic heterocycles. The van der Waals surface area contributed by atoms with Crippen LogP contribution in [-0.2, 0) is 6.54 Å². The van der Waals surface area contributed by atoms with Gasteiger partial charge in [-0.2, -0.15) is 5.10 Å². The monoisotopic (exact) mass is 362 g/mol. The smallest absolute Gasteiger partial charge is 0.255 e. The molecule has 140 valence electrons. The minimum Gasteiger partial charge on any atom is -0.333 e. The number of aromatic nitrogens is 3. The second kappa shape index (κ2) is 7.14. The van der Waals surface area contributed by atoms with Crippen LogP contribution in [0, 0.1) is 5.92 Å². The van der Waals surface area contributed by atoms with Crippen LogP contribution in [0.2, 0.25) is 0 Å². The molecule has 5 nitrogen and oxygen atoms in total. The normalized spacial score (nSPS) is 15.3. The topological polar surface area (TPSA) is 51.0 Å². The number of fused-ring (bicyclic) bond motifs is 1. The van der Waals surface area contributed by atoms with Crippen molar-refractivity contribution in [2.45, 2.75) is 52.2 Å². The lowest BCUT2D eigenvalue weighted by Crippen LogP contribution is -2.43. The Morgan fingerprint density at radius 2 is 1.93 bits per heavy atom. The molecule has 0 bridgehead atoms. The number of amides is 1. The molecule has 1 unspecified atom stereocenters. The number of carbonyl (C=O) groups excluding carboxylic acids is 1. The maximum absolute atomic E-state index is 13.2. The third kappa shape index (κ3) is 3.59. The van der Waals surface area contributed by atoms with Gasteiger partial charge in [0.15, 0.2) is 5.65 Å². The van der Waals surface area contributed by atoms with Gasteiger partial charge in [0.05, 0.1) is 18.3 Å². The van der Waals surface area contributed by atoms with Gasteiger partial charge in [-0.1, -0.05) is 44.2 Å². The number of rotatable bonds is 6. The first kappa shape index (κ1) is 17.7. The molecule has 0 spiro atoms. The lowest BCUT2D eigenvalue weighted by molar-refractivity contribution is 0.0627. The van der Waals surface area contributed by atoms with Crippen LogP contribution in [0.5, 0.6) is 0 Å². The molecule has 2 heterocycles. The predicted molar refractivity (Wildman–Crippen MR) is 107 cm³/mol. The molecule has 3 aromatic rings. The molecule has 4 rings (SSSR count). The maximum atomic E-state index is 13.2. The van der Waals surface area contributed by atoms with Gasteiger partial charge in [-0.25, -0.2) is 9.67 Å². The molecule has 27 heavy (non-hydrogen) atoms. The van der Waals surface area contributed by atoms with Gasteiger partial charge in [0.1, 0.15) is 0 Å². The van der Waals surface area contributed by atoms with E-state index in [2.05, 4.69) is 47.9 Å². The van der Waals surface area contributed by atoms with Gasteiger partial charge >= 0.3 is 0 Å². The van der Waals surface area contributed by atoms with Crippen molar-refractivity contribution < 1.29 is 4.79 Å². The van der Waals surface area contributed by atoms with Gasteiger partial charge in [0, 0.05) is 23.7 Å². The van der Waals surface area contributed by atoms with Gasteiger partial charge in [-0.15, -0.1) is 0 Å². The van der Waals surface area contributed by atoms with E-state index in [1.807, 2.05) is 28.9 Å². The molecule has 1 aliphatic carbocycles. The first-order chi connectivity index (χ1) is 13.0. The number of hydrogen-bond donors (Lipinski definition) is 0. The van der Waals surface area contributed by atoms with Crippen molar-refractivity contribution in [3.05, 3.63) is 59.9 Å². The molecule has 1 aromatic carbocycles. The molecule has 1 amide bonds. The van der Waals surface area contributed by atoms with Gasteiger partial charge in [0.2, 0.25) is 0 Å². The summed E-state index contributed by atoms with van der Waals surface area (Å²) in [5, 5.41) is 5.38. The summed E-state index contributed by atoms with van der Waals surface area (Å²) in [6, 6.07) is 12.7. The summed E-state index contributed by atoms with van der Waals surface area (Å²) < 4.78 is 1.88. The summed E-state index contributed by atoms with van der Waals surface area (Å²) in [5.74, 6) is 0.517. The molecule has 1 aliphatic rings. The third-order valence-electron chi connectivity index (χ3n) is 5.48. The van der Waals surface area contributed by atoms with E-state index in [0.29, 0.717) is 24.1 Å². The summed E-state index contributed by atoms with van der Waals surface area (Å²) in [6.45, 7) is 7.15. The van der Waals surface area contributed by atoms with Gasteiger partial charge in [-0.3, -0.25) is 4.79 Å². The summed E-state index contributed by atoms with van der Waals surface area (Å²) >= 11 is 0. The largest absolute Gasteiger partial charge is 0.333 e. The number of nitrogens with zero attached hydrogens (tertiary/aromatic N) is 4. The van der Waals surface area contributed by atoms with E-state index in [1.165, 1.54) is 5.56 Å². The molecule has 0 saturated heterocycles. The fourth-order valence-electron chi connectivity index (χ4n) is 3.47. The van der Waals surface area contributed by atoms with Crippen LogP contribution in [0.4, 0.5) is 0 Å². The Kier molecular flexibility index (Phi) is 4.68. The van der Waals surface area contributed by atoms with E-state index in [-0.39, 0.29) is 11.9 Å². The lowest BCUT2D eigenvalue weighted by Gasteiger charge is -2.32. The molecule has 2 aromatic heterocycles. The average molecular weight is 362 g/mol. The zero-order chi connectivity index (χ0) is 19.0. The van der Waals surface area contributed by atoms with E-state index >= 15 is 0 Å². The van der Waals surface area contributed by atoms with Crippen molar-refractivity contribution >= 4 is 16.9 Å². The van der Waals surface area contributed by atoms with Crippen LogP contribution in [0.1, 0.15) is 49.5 Å². The van der Waals surface area contributed by atoms with Crippen molar-refractivity contribution in [2.24, 2.45) is 5.92 Å². The molecule has 0 N–H and O–H groups in total. The van der Waals surface area contributed by atoms with Crippen molar-refractivity contribution in [3.8, 4) is 0 Å². The van der Waals surface area contributed by atoms with Crippen LogP contribution in [0.3, 0.4) is 0 Å². The number of hydrogen-bond acceptors (Lipinski definition) is 3. The van der Waals surface area contributed by atoms with Crippen LogP contribution in [0.15, 0.2) is 48.8 Å². The van der Waals surface area contributed by atoms with Crippen LogP contribution < -0.4 is 0 Å². The zero-order valence-electron chi connectivity index (χ0n) is 16.2. The number of pyridine rings is 1. The maximum Gasteiger partial charge on any atom is 0.255 e. The highest BCUT2D eigenvalue weighted by molar-refractivity contribution is 5.97. The first-order valence-electron chi connectivity index (χ1n) is 9.72. The summed E-state index contributed by atoms with van der Waals surface area (Å²) in [5.41, 5.74) is 2.64. The molecule has 0 radical (unpaired) electrons. The van der Waals surface area contributed by atoms with Crippen molar-refractivity contribution in [3.63, 3.8) is 0 Å². The molecule has 1 fully saturated rings. The fourth-order valence-corrected chi connectivity index (χ4v) is 3.47. The molecule has 5 heteroatoms. The Hall–Kier alpha value is -2.69. The van der Waals surface area contributed by atoms with Crippen molar-refractivity contribution in [2.75, 3.05) is 0 Å². The summed E-state index contributed by atoms with van der Waals surface area (Å²) in [7, 11) is 0. The number of benzene rings is 1. The van der Waals surface area contributed by atoms with Crippen LogP contribution in [0.25, 0.3) is 11.0 Å². The SMILES string of the molecule is CC(C)C(C)N(C(=O)c1cnc2c(cnn2Cc2ccccc2)c1)C1CC1. The van der Waals surface area contributed by atoms with Crippen LogP contribution in [-0.4, -0.2) is 37.7 Å². The van der Waals surface area contributed by atoms with Crippen molar-refractivity contribution in [1.82, 2.24) is 19.7 Å². The molecular weight excluding hydrogens is 336 g/mol. The first-order valence-corrected chi connectivity index (χ1v) is 9.72. The Bertz CT molecular complexity index is 943. The van der Waals surface area contributed by atoms with E-state index in [0.717, 1.165) is 23.9 Å². The lowest BCUT2D eigenvalue weighted by atomic mass is 10.0. The Labute approximate surface area is 160 Å². The van der Waals surface area contributed by atoms with Gasteiger partial charge in [-0.05, 0) is 37.3 Å². The van der Waals surface area contributed by atoms with Crippen molar-refractivity contribution in [1.29, 1.82) is 0 Å². The summed E-state index contributed by atoms with van der Waals surface area (Å²) in [4.78, 5) is 19.8. The standard InChI is InChI=1S/C22H26N4O/c1-15(2)16(3)26(20-9-10-20)22(27)19-11-18-13-24-25(21(18)23-12-19)14-17-7-5-4-6-8-17/h4-8,11-13,15-16,20H,9-10,14H2,1-3H3. The van der Waals surface area contributed by atoms with Gasteiger partial charge < -0.3 is 4.90 Å². The highest BCUT2D eigenvalue weighted by Gasteiger charge is 2.37. The molecule has 1 atom stereocenters. The molecule has 1 saturated carbocycles. The van der Waals surface area contributed by atoms with E-state index < -0.39 is 0 Å². The minimum absolute atomic E-state index is 0.0870. The minimum atomic E-state index is 0.0870. The van der Waals surface area contributed by atoms with E-state index in [9.17, 15) is 4.79 Å². The highest BCUT2D eigenvalue weighted by Crippen LogP contribution is 2.32. The average Bonchev–Trinajstić information content (AvgIpc) is 3.43. The highest BCUT2D eigenvalue weighted by atomic mass is 16.2. The third-order valence-corrected chi connectivity index (χ3v) is 5.48. The van der Waals surface area contributed by atoms with E-state index in [4.69, 9.17) is 0 Å². The Morgan fingerprint density at radius 1 is 1.19 bits per heavy atom. The second-order valence-electron chi connectivity index (χ2n) is 7.85.